The molecule has 188 valence electrons. The van der Waals surface area contributed by atoms with Crippen molar-refractivity contribution in [2.24, 2.45) is 0 Å². The molecule has 0 bridgehead atoms. The summed E-state index contributed by atoms with van der Waals surface area (Å²) in [5, 5.41) is 6.98. The third-order valence-corrected chi connectivity index (χ3v) is 7.05. The number of fused-ring (bicyclic) bond motifs is 1. The van der Waals surface area contributed by atoms with Crippen molar-refractivity contribution in [3.63, 3.8) is 0 Å². The number of para-hydroxylation sites is 1. The van der Waals surface area contributed by atoms with E-state index in [2.05, 4.69) is 52.0 Å². The molecule has 4 rings (SSSR count). The van der Waals surface area contributed by atoms with Crippen molar-refractivity contribution in [2.75, 3.05) is 19.9 Å². The zero-order chi connectivity index (χ0) is 24.6. The van der Waals surface area contributed by atoms with Crippen LogP contribution in [0.25, 0.3) is 22.0 Å². The lowest BCUT2D eigenvalue weighted by molar-refractivity contribution is -0.145. The van der Waals surface area contributed by atoms with Gasteiger partial charge in [-0.1, -0.05) is 60.7 Å². The van der Waals surface area contributed by atoms with Gasteiger partial charge < -0.3 is 20.4 Å². The van der Waals surface area contributed by atoms with E-state index < -0.39 is 18.1 Å². The summed E-state index contributed by atoms with van der Waals surface area (Å²) in [6, 6.07) is 25.1. The van der Waals surface area contributed by atoms with Crippen LogP contribution >= 0.6 is 24.2 Å². The van der Waals surface area contributed by atoms with Crippen LogP contribution in [0.15, 0.2) is 90.0 Å². The van der Waals surface area contributed by atoms with E-state index in [1.807, 2.05) is 48.7 Å². The summed E-state index contributed by atoms with van der Waals surface area (Å²) in [5.74, 6) is -0.188. The fourth-order valence-corrected chi connectivity index (χ4v) is 4.98. The molecule has 0 saturated carbocycles. The number of H-pyrrole nitrogens is 1. The predicted octanol–water partition coefficient (Wildman–Crippen LogP) is 4.84. The number of carbonyl (C=O) groups is 2. The molecule has 1 heterocycles. The first kappa shape index (κ1) is 27.3. The number of aromatic nitrogens is 1. The molecule has 1 amide bonds. The normalized spacial score (nSPS) is 12.4. The fraction of sp³-hybridized carbons (Fsp3) is 0.214. The van der Waals surface area contributed by atoms with Gasteiger partial charge in [0.2, 0.25) is 5.91 Å². The van der Waals surface area contributed by atoms with Gasteiger partial charge in [0.1, 0.15) is 6.04 Å². The molecule has 36 heavy (non-hydrogen) atoms. The number of rotatable bonds is 10. The SMILES string of the molecule is CN[C@@H](CSc1ccc(-c2ccccc2)cc1)C(=O)N[C@@H](Cc1c[nH]c2ccccc12)C(=O)OC.Cl. The van der Waals surface area contributed by atoms with Crippen LogP contribution in [0, 0.1) is 0 Å². The summed E-state index contributed by atoms with van der Waals surface area (Å²) in [6.45, 7) is 0. The number of thioether (sulfide) groups is 1. The highest BCUT2D eigenvalue weighted by Gasteiger charge is 2.26. The van der Waals surface area contributed by atoms with Crippen LogP contribution in [0.1, 0.15) is 5.56 Å². The number of amides is 1. The molecule has 6 nitrogen and oxygen atoms in total. The van der Waals surface area contributed by atoms with E-state index in [-0.39, 0.29) is 18.3 Å². The minimum absolute atomic E-state index is 0. The lowest BCUT2D eigenvalue weighted by atomic mass is 10.0. The minimum Gasteiger partial charge on any atom is -0.467 e. The monoisotopic (exact) mass is 523 g/mol. The summed E-state index contributed by atoms with van der Waals surface area (Å²) < 4.78 is 4.97. The van der Waals surface area contributed by atoms with Crippen molar-refractivity contribution in [1.82, 2.24) is 15.6 Å². The van der Waals surface area contributed by atoms with Crippen LogP contribution in [0.3, 0.4) is 0 Å². The molecule has 0 unspecified atom stereocenters. The minimum atomic E-state index is -0.780. The van der Waals surface area contributed by atoms with Gasteiger partial charge in [0, 0.05) is 34.2 Å². The molecular weight excluding hydrogens is 494 g/mol. The fourth-order valence-electron chi connectivity index (χ4n) is 3.97. The zero-order valence-corrected chi connectivity index (χ0v) is 21.8. The summed E-state index contributed by atoms with van der Waals surface area (Å²) in [6.07, 6.45) is 2.21. The molecule has 8 heteroatoms. The van der Waals surface area contributed by atoms with E-state index in [0.717, 1.165) is 26.9 Å². The van der Waals surface area contributed by atoms with Crippen LogP contribution in [-0.4, -0.2) is 48.9 Å². The van der Waals surface area contributed by atoms with Crippen molar-refractivity contribution < 1.29 is 14.3 Å². The lowest BCUT2D eigenvalue weighted by Gasteiger charge is -2.21. The zero-order valence-electron chi connectivity index (χ0n) is 20.2. The maximum Gasteiger partial charge on any atom is 0.328 e. The molecule has 3 N–H and O–H groups in total. The van der Waals surface area contributed by atoms with E-state index >= 15 is 0 Å². The Balaban J connectivity index is 0.00000361. The third-order valence-electron chi connectivity index (χ3n) is 5.94. The molecule has 0 spiro atoms. The van der Waals surface area contributed by atoms with Crippen LogP contribution in [-0.2, 0) is 20.7 Å². The number of benzene rings is 3. The van der Waals surface area contributed by atoms with E-state index in [0.29, 0.717) is 12.2 Å². The number of esters is 1. The first-order chi connectivity index (χ1) is 17.1. The topological polar surface area (TPSA) is 83.2 Å². The average Bonchev–Trinajstić information content (AvgIpc) is 3.32. The summed E-state index contributed by atoms with van der Waals surface area (Å²) in [4.78, 5) is 29.8. The molecular formula is C28H30ClN3O3S. The van der Waals surface area contributed by atoms with Crippen molar-refractivity contribution in [1.29, 1.82) is 0 Å². The van der Waals surface area contributed by atoms with Gasteiger partial charge >= 0.3 is 5.97 Å². The van der Waals surface area contributed by atoms with Gasteiger partial charge in [-0.2, -0.15) is 0 Å². The van der Waals surface area contributed by atoms with Crippen molar-refractivity contribution in [3.8, 4) is 11.1 Å². The molecule has 4 aromatic rings. The Morgan fingerprint density at radius 1 is 0.917 bits per heavy atom. The predicted molar refractivity (Wildman–Crippen MR) is 149 cm³/mol. The van der Waals surface area contributed by atoms with Gasteiger partial charge in [-0.3, -0.25) is 4.79 Å². The van der Waals surface area contributed by atoms with E-state index in [4.69, 9.17) is 4.74 Å². The van der Waals surface area contributed by atoms with Gasteiger partial charge in [0.05, 0.1) is 13.2 Å². The average molecular weight is 524 g/mol. The molecule has 0 radical (unpaired) electrons. The van der Waals surface area contributed by atoms with Crippen LogP contribution in [0.2, 0.25) is 0 Å². The number of methoxy groups -OCH3 is 1. The van der Waals surface area contributed by atoms with E-state index in [9.17, 15) is 9.59 Å². The quantitative estimate of drug-likeness (QED) is 0.205. The maximum absolute atomic E-state index is 13.1. The Kier molecular flexibility index (Phi) is 9.99. The van der Waals surface area contributed by atoms with Crippen molar-refractivity contribution in [3.05, 3.63) is 90.6 Å². The maximum atomic E-state index is 13.1. The summed E-state index contributed by atoms with van der Waals surface area (Å²) in [5.41, 5.74) is 4.25. The molecule has 0 fully saturated rings. The van der Waals surface area contributed by atoms with Crippen LogP contribution in [0.4, 0.5) is 0 Å². The number of hydrogen-bond donors (Lipinski definition) is 3. The van der Waals surface area contributed by atoms with Gasteiger partial charge in [-0.25, -0.2) is 4.79 Å². The number of ether oxygens (including phenoxy) is 1. The summed E-state index contributed by atoms with van der Waals surface area (Å²) >= 11 is 1.59. The number of carbonyl (C=O) groups excluding carboxylic acids is 2. The molecule has 2 atom stereocenters. The third kappa shape index (κ3) is 6.69. The second kappa shape index (κ2) is 13.2. The van der Waals surface area contributed by atoms with Crippen LogP contribution in [0.5, 0.6) is 0 Å². The molecule has 3 aromatic carbocycles. The highest BCUT2D eigenvalue weighted by molar-refractivity contribution is 7.99. The van der Waals surface area contributed by atoms with E-state index in [1.165, 1.54) is 12.7 Å². The van der Waals surface area contributed by atoms with E-state index in [1.54, 1.807) is 18.8 Å². The largest absolute Gasteiger partial charge is 0.467 e. The van der Waals surface area contributed by atoms with Gasteiger partial charge in [0.25, 0.3) is 0 Å². The van der Waals surface area contributed by atoms with Crippen molar-refractivity contribution >= 4 is 46.9 Å². The number of aromatic amines is 1. The number of halogens is 1. The Labute approximate surface area is 221 Å². The second-order valence-corrected chi connectivity index (χ2v) is 9.28. The first-order valence-electron chi connectivity index (χ1n) is 11.5. The molecule has 0 aliphatic heterocycles. The second-order valence-electron chi connectivity index (χ2n) is 8.19. The number of hydrogen-bond acceptors (Lipinski definition) is 5. The Bertz CT molecular complexity index is 1280. The van der Waals surface area contributed by atoms with Crippen molar-refractivity contribution in [2.45, 2.75) is 23.4 Å². The van der Waals surface area contributed by atoms with Gasteiger partial charge in [-0.05, 0) is 41.9 Å². The lowest BCUT2D eigenvalue weighted by Crippen LogP contribution is -2.51. The Morgan fingerprint density at radius 2 is 1.58 bits per heavy atom. The first-order valence-corrected chi connectivity index (χ1v) is 12.5. The number of nitrogens with one attached hydrogen (secondary N) is 3. The van der Waals surface area contributed by atoms with Gasteiger partial charge in [0.15, 0.2) is 0 Å². The summed E-state index contributed by atoms with van der Waals surface area (Å²) in [7, 11) is 3.08. The molecule has 0 aliphatic carbocycles. The molecule has 0 saturated heterocycles. The smallest absolute Gasteiger partial charge is 0.328 e. The number of likely N-dealkylation sites (N-methyl/N-ethyl adjacent to an activating group) is 1. The molecule has 1 aromatic heterocycles. The highest BCUT2D eigenvalue weighted by Crippen LogP contribution is 2.25. The van der Waals surface area contributed by atoms with Crippen LogP contribution < -0.4 is 10.6 Å². The Hall–Kier alpha value is -3.26. The van der Waals surface area contributed by atoms with Gasteiger partial charge in [-0.15, -0.1) is 24.2 Å². The standard InChI is InChI=1S/C28H29N3O3S.ClH/c1-29-26(18-35-22-14-12-20(13-15-22)19-8-4-3-5-9-19)27(32)31-25(28(33)34-2)16-21-17-30-24-11-7-6-10-23(21)24;/h3-15,17,25-26,29-30H,16,18H2,1-2H3,(H,31,32);1H/t25-,26-;/m0./s1. The molecule has 0 aliphatic rings. The highest BCUT2D eigenvalue weighted by atomic mass is 35.5. The Morgan fingerprint density at radius 3 is 2.28 bits per heavy atom.